The minimum atomic E-state index is -3.81. The smallest absolute Gasteiger partial charge is 0.272 e. The molecule has 0 atom stereocenters. The molecule has 0 aliphatic heterocycles. The molecule has 0 aliphatic rings. The third-order valence-electron chi connectivity index (χ3n) is 3.42. The van der Waals surface area contributed by atoms with E-state index >= 15 is 0 Å². The van der Waals surface area contributed by atoms with Crippen LogP contribution in [0.4, 0.5) is 0 Å². The lowest BCUT2D eigenvalue weighted by Gasteiger charge is -2.17. The van der Waals surface area contributed by atoms with Crippen LogP contribution in [-0.4, -0.2) is 48.1 Å². The fourth-order valence-corrected chi connectivity index (χ4v) is 3.04. The van der Waals surface area contributed by atoms with Gasteiger partial charge in [-0.2, -0.15) is 4.31 Å². The minimum absolute atomic E-state index is 0.0246. The lowest BCUT2D eigenvalue weighted by atomic mass is 10.2. The summed E-state index contributed by atoms with van der Waals surface area (Å²) in [7, 11) is -2.53. The third kappa shape index (κ3) is 4.83. The Kier molecular flexibility index (Phi) is 6.01. The van der Waals surface area contributed by atoms with Crippen molar-refractivity contribution in [2.75, 3.05) is 13.6 Å². The molecule has 0 spiro atoms. The van der Waals surface area contributed by atoms with E-state index in [0.717, 1.165) is 9.87 Å². The molecular formula is C16H19N5O4S. The highest BCUT2D eigenvalue weighted by molar-refractivity contribution is 7.89. The van der Waals surface area contributed by atoms with Gasteiger partial charge in [0.25, 0.3) is 11.8 Å². The largest absolute Gasteiger partial charge is 0.289 e. The van der Waals surface area contributed by atoms with Crippen molar-refractivity contribution in [3.8, 4) is 0 Å². The molecule has 9 nitrogen and oxygen atoms in total. The lowest BCUT2D eigenvalue weighted by Crippen LogP contribution is -2.46. The fraction of sp³-hybridized carbons (Fsp3) is 0.250. The maximum atomic E-state index is 12.4. The predicted octanol–water partition coefficient (Wildman–Crippen LogP) is 0.175. The van der Waals surface area contributed by atoms with Crippen molar-refractivity contribution in [2.24, 2.45) is 0 Å². The number of sulfonamides is 1. The summed E-state index contributed by atoms with van der Waals surface area (Å²) in [5.74, 6) is -1.36. The Labute approximate surface area is 151 Å². The number of nitrogens with zero attached hydrogens (tertiary/aromatic N) is 3. The second-order valence-corrected chi connectivity index (χ2v) is 7.66. The molecule has 0 saturated carbocycles. The van der Waals surface area contributed by atoms with Gasteiger partial charge in [-0.3, -0.25) is 25.4 Å². The lowest BCUT2D eigenvalue weighted by molar-refractivity contribution is -0.121. The Morgan fingerprint density at radius 3 is 2.27 bits per heavy atom. The molecule has 0 saturated heterocycles. The van der Waals surface area contributed by atoms with E-state index in [9.17, 15) is 18.0 Å². The molecule has 2 N–H and O–H groups in total. The molecule has 0 aliphatic carbocycles. The van der Waals surface area contributed by atoms with Crippen molar-refractivity contribution in [2.45, 2.75) is 18.7 Å². The highest BCUT2D eigenvalue weighted by Crippen LogP contribution is 2.14. The van der Waals surface area contributed by atoms with E-state index in [0.29, 0.717) is 5.69 Å². The van der Waals surface area contributed by atoms with Crippen LogP contribution in [0, 0.1) is 13.8 Å². The van der Waals surface area contributed by atoms with E-state index in [4.69, 9.17) is 0 Å². The number of hydrogen-bond donors (Lipinski definition) is 2. The molecule has 0 fully saturated rings. The molecular weight excluding hydrogens is 358 g/mol. The summed E-state index contributed by atoms with van der Waals surface area (Å²) in [4.78, 5) is 31.6. The summed E-state index contributed by atoms with van der Waals surface area (Å²) in [6, 6.07) is 6.28. The first-order chi connectivity index (χ1) is 12.2. The number of carbonyl (C=O) groups is 2. The molecule has 2 amide bonds. The highest BCUT2D eigenvalue weighted by atomic mass is 32.2. The maximum absolute atomic E-state index is 12.4. The average Bonchev–Trinajstić information content (AvgIpc) is 2.60. The molecule has 2 rings (SSSR count). The molecule has 0 radical (unpaired) electrons. The molecule has 1 aromatic carbocycles. The van der Waals surface area contributed by atoms with Gasteiger partial charge in [-0.15, -0.1) is 0 Å². The molecule has 1 aromatic heterocycles. The Bertz CT molecular complexity index is 895. The topological polar surface area (TPSA) is 121 Å². The normalized spacial score (nSPS) is 11.2. The van der Waals surface area contributed by atoms with Gasteiger partial charge in [0.2, 0.25) is 10.0 Å². The van der Waals surface area contributed by atoms with Crippen molar-refractivity contribution < 1.29 is 18.0 Å². The number of hydrogen-bond acceptors (Lipinski definition) is 6. The summed E-state index contributed by atoms with van der Waals surface area (Å²) in [6.07, 6.45) is 2.68. The predicted molar refractivity (Wildman–Crippen MR) is 93.4 cm³/mol. The van der Waals surface area contributed by atoms with Crippen LogP contribution < -0.4 is 10.9 Å². The average molecular weight is 377 g/mol. The van der Waals surface area contributed by atoms with Crippen LogP contribution in [0.15, 0.2) is 41.6 Å². The molecule has 26 heavy (non-hydrogen) atoms. The zero-order valence-corrected chi connectivity index (χ0v) is 15.4. The number of aryl methyl sites for hydroxylation is 2. The summed E-state index contributed by atoms with van der Waals surface area (Å²) in [6.45, 7) is 3.10. The van der Waals surface area contributed by atoms with Crippen LogP contribution in [0.5, 0.6) is 0 Å². The van der Waals surface area contributed by atoms with Crippen molar-refractivity contribution in [3.63, 3.8) is 0 Å². The number of hydrazine groups is 1. The van der Waals surface area contributed by atoms with E-state index < -0.39 is 28.4 Å². The highest BCUT2D eigenvalue weighted by Gasteiger charge is 2.23. The van der Waals surface area contributed by atoms with Gasteiger partial charge in [0.05, 0.1) is 23.3 Å². The van der Waals surface area contributed by atoms with Crippen LogP contribution in [0.3, 0.4) is 0 Å². The second-order valence-electron chi connectivity index (χ2n) is 5.62. The first-order valence-electron chi connectivity index (χ1n) is 7.61. The quantitative estimate of drug-likeness (QED) is 0.717. The third-order valence-corrected chi connectivity index (χ3v) is 5.24. The zero-order chi connectivity index (χ0) is 19.3. The molecule has 0 unspecified atom stereocenters. The molecule has 138 valence electrons. The molecule has 0 bridgehead atoms. The minimum Gasteiger partial charge on any atom is -0.272 e. The fourth-order valence-electron chi connectivity index (χ4n) is 1.92. The van der Waals surface area contributed by atoms with Crippen molar-refractivity contribution in [1.82, 2.24) is 25.1 Å². The SMILES string of the molecule is Cc1ccc(S(=O)(=O)N(C)CC(=O)NNC(=O)c2cnc(C)cn2)cc1. The van der Waals surface area contributed by atoms with Crippen LogP contribution in [0.25, 0.3) is 0 Å². The number of nitrogens with one attached hydrogen (secondary N) is 2. The zero-order valence-electron chi connectivity index (χ0n) is 14.6. The Morgan fingerprint density at radius 1 is 1.04 bits per heavy atom. The standard InChI is InChI=1S/C16H19N5O4S/c1-11-4-6-13(7-5-11)26(24,25)21(3)10-15(22)19-20-16(23)14-9-17-12(2)8-18-14/h4-9H,10H2,1-3H3,(H,19,22)(H,20,23). The van der Waals surface area contributed by atoms with Crippen LogP contribution in [0.2, 0.25) is 0 Å². The summed E-state index contributed by atoms with van der Waals surface area (Å²) in [5, 5.41) is 0. The van der Waals surface area contributed by atoms with Crippen molar-refractivity contribution >= 4 is 21.8 Å². The van der Waals surface area contributed by atoms with E-state index in [2.05, 4.69) is 20.8 Å². The molecule has 10 heteroatoms. The Hall–Kier alpha value is -2.85. The van der Waals surface area contributed by atoms with Gasteiger partial charge >= 0.3 is 0 Å². The van der Waals surface area contributed by atoms with Gasteiger partial charge in [-0.05, 0) is 26.0 Å². The summed E-state index contributed by atoms with van der Waals surface area (Å²) >= 11 is 0. The van der Waals surface area contributed by atoms with Gasteiger partial charge in [0, 0.05) is 13.2 Å². The summed E-state index contributed by atoms with van der Waals surface area (Å²) < 4.78 is 25.7. The first-order valence-corrected chi connectivity index (χ1v) is 9.05. The number of aromatic nitrogens is 2. The molecule has 1 heterocycles. The van der Waals surface area contributed by atoms with E-state index in [-0.39, 0.29) is 10.6 Å². The van der Waals surface area contributed by atoms with Crippen LogP contribution in [-0.2, 0) is 14.8 Å². The van der Waals surface area contributed by atoms with Crippen LogP contribution in [0.1, 0.15) is 21.7 Å². The summed E-state index contributed by atoms with van der Waals surface area (Å²) in [5.41, 5.74) is 5.90. The second kappa shape index (κ2) is 8.02. The number of carbonyl (C=O) groups excluding carboxylic acids is 2. The monoisotopic (exact) mass is 377 g/mol. The van der Waals surface area contributed by atoms with Gasteiger partial charge in [-0.25, -0.2) is 13.4 Å². The Balaban J connectivity index is 1.93. The molecule has 2 aromatic rings. The maximum Gasteiger partial charge on any atom is 0.289 e. The van der Waals surface area contributed by atoms with Gasteiger partial charge in [-0.1, -0.05) is 17.7 Å². The number of benzene rings is 1. The van der Waals surface area contributed by atoms with E-state index in [1.54, 1.807) is 19.1 Å². The number of amides is 2. The number of rotatable bonds is 5. The Morgan fingerprint density at radius 2 is 1.69 bits per heavy atom. The van der Waals surface area contributed by atoms with E-state index in [1.165, 1.54) is 31.6 Å². The van der Waals surface area contributed by atoms with Gasteiger partial charge < -0.3 is 0 Å². The number of likely N-dealkylation sites (N-methyl/N-ethyl adjacent to an activating group) is 1. The van der Waals surface area contributed by atoms with Gasteiger partial charge in [0.1, 0.15) is 5.69 Å². The van der Waals surface area contributed by atoms with Crippen LogP contribution >= 0.6 is 0 Å². The first kappa shape index (κ1) is 19.5. The van der Waals surface area contributed by atoms with Crippen molar-refractivity contribution in [3.05, 3.63) is 53.6 Å². The van der Waals surface area contributed by atoms with Crippen molar-refractivity contribution in [1.29, 1.82) is 0 Å². The van der Waals surface area contributed by atoms with E-state index in [1.807, 2.05) is 6.92 Å². The van der Waals surface area contributed by atoms with Gasteiger partial charge in [0.15, 0.2) is 0 Å².